The highest BCUT2D eigenvalue weighted by molar-refractivity contribution is 7.99. The van der Waals surface area contributed by atoms with E-state index in [1.54, 1.807) is 17.8 Å². The Bertz CT molecular complexity index is 619. The summed E-state index contributed by atoms with van der Waals surface area (Å²) in [4.78, 5) is 11.7. The van der Waals surface area contributed by atoms with Crippen LogP contribution < -0.4 is 10.1 Å². The molecule has 0 atom stereocenters. The molecule has 0 unspecified atom stereocenters. The quantitative estimate of drug-likeness (QED) is 0.809. The number of carbonyl (C=O) groups excluding carboxylic acids is 1. The molecule has 0 aliphatic heterocycles. The van der Waals surface area contributed by atoms with Crippen molar-refractivity contribution in [3.63, 3.8) is 0 Å². The van der Waals surface area contributed by atoms with E-state index < -0.39 is 0 Å². The summed E-state index contributed by atoms with van der Waals surface area (Å²) in [5, 5.41) is 3.46. The van der Waals surface area contributed by atoms with E-state index in [1.165, 1.54) is 0 Å². The first-order chi connectivity index (χ1) is 10.7. The standard InChI is InChI=1S/C17H18ClNO2S/c1-2-22-12-17(20)19-11-14-15(18)9-6-10-16(14)21-13-7-4-3-5-8-13/h3-10H,2,11-12H2,1H3,(H,19,20). The van der Waals surface area contributed by atoms with Crippen molar-refractivity contribution in [1.29, 1.82) is 0 Å². The van der Waals surface area contributed by atoms with Crippen molar-refractivity contribution in [2.24, 2.45) is 0 Å². The molecule has 0 aromatic heterocycles. The molecule has 2 aromatic rings. The van der Waals surface area contributed by atoms with Gasteiger partial charge in [0.2, 0.25) is 5.91 Å². The molecule has 0 bridgehead atoms. The lowest BCUT2D eigenvalue weighted by Gasteiger charge is -2.13. The number of benzene rings is 2. The van der Waals surface area contributed by atoms with Gasteiger partial charge in [0.05, 0.1) is 5.75 Å². The minimum Gasteiger partial charge on any atom is -0.457 e. The molecule has 5 heteroatoms. The molecule has 22 heavy (non-hydrogen) atoms. The number of para-hydroxylation sites is 1. The van der Waals surface area contributed by atoms with Crippen LogP contribution in [0.15, 0.2) is 48.5 Å². The minimum absolute atomic E-state index is 0.00238. The van der Waals surface area contributed by atoms with Gasteiger partial charge in [0.25, 0.3) is 0 Å². The topological polar surface area (TPSA) is 38.3 Å². The number of hydrogen-bond donors (Lipinski definition) is 1. The highest BCUT2D eigenvalue weighted by Crippen LogP contribution is 2.30. The lowest BCUT2D eigenvalue weighted by Crippen LogP contribution is -2.25. The zero-order valence-electron chi connectivity index (χ0n) is 12.3. The number of amides is 1. The van der Waals surface area contributed by atoms with E-state index in [9.17, 15) is 4.79 Å². The Hall–Kier alpha value is -1.65. The number of hydrogen-bond acceptors (Lipinski definition) is 3. The molecule has 2 aromatic carbocycles. The summed E-state index contributed by atoms with van der Waals surface area (Å²) in [7, 11) is 0. The molecule has 0 saturated carbocycles. The van der Waals surface area contributed by atoms with Gasteiger partial charge >= 0.3 is 0 Å². The maximum absolute atomic E-state index is 11.7. The Balaban J connectivity index is 2.08. The molecule has 0 fully saturated rings. The fraction of sp³-hybridized carbons (Fsp3) is 0.235. The smallest absolute Gasteiger partial charge is 0.230 e. The molecule has 1 amide bonds. The van der Waals surface area contributed by atoms with Gasteiger partial charge in [-0.25, -0.2) is 0 Å². The van der Waals surface area contributed by atoms with E-state index in [0.29, 0.717) is 23.1 Å². The second kappa shape index (κ2) is 8.71. The van der Waals surface area contributed by atoms with Gasteiger partial charge in [-0.1, -0.05) is 42.8 Å². The monoisotopic (exact) mass is 335 g/mol. The van der Waals surface area contributed by atoms with Crippen LogP contribution in [0.25, 0.3) is 0 Å². The summed E-state index contributed by atoms with van der Waals surface area (Å²) in [5.74, 6) is 2.76. The van der Waals surface area contributed by atoms with Crippen molar-refractivity contribution < 1.29 is 9.53 Å². The third kappa shape index (κ3) is 4.97. The van der Waals surface area contributed by atoms with Crippen LogP contribution in [0, 0.1) is 0 Å². The summed E-state index contributed by atoms with van der Waals surface area (Å²) < 4.78 is 5.86. The number of ether oxygens (including phenoxy) is 1. The van der Waals surface area contributed by atoms with E-state index in [1.807, 2.05) is 49.4 Å². The lowest BCUT2D eigenvalue weighted by molar-refractivity contribution is -0.118. The highest BCUT2D eigenvalue weighted by Gasteiger charge is 2.11. The first-order valence-electron chi connectivity index (χ1n) is 7.05. The molecule has 0 spiro atoms. The molecule has 0 aliphatic rings. The van der Waals surface area contributed by atoms with E-state index in [0.717, 1.165) is 17.1 Å². The van der Waals surface area contributed by atoms with Crippen LogP contribution in [0.2, 0.25) is 5.02 Å². The largest absolute Gasteiger partial charge is 0.457 e. The zero-order valence-corrected chi connectivity index (χ0v) is 13.9. The van der Waals surface area contributed by atoms with Gasteiger partial charge in [-0.05, 0) is 30.0 Å². The molecule has 0 heterocycles. The normalized spacial score (nSPS) is 10.3. The van der Waals surface area contributed by atoms with Crippen LogP contribution in [-0.2, 0) is 11.3 Å². The number of halogens is 1. The average molecular weight is 336 g/mol. The van der Waals surface area contributed by atoms with Crippen molar-refractivity contribution in [3.8, 4) is 11.5 Å². The molecule has 3 nitrogen and oxygen atoms in total. The summed E-state index contributed by atoms with van der Waals surface area (Å²) in [6.07, 6.45) is 0. The number of carbonyl (C=O) groups is 1. The van der Waals surface area contributed by atoms with Crippen LogP contribution in [-0.4, -0.2) is 17.4 Å². The van der Waals surface area contributed by atoms with Gasteiger partial charge < -0.3 is 10.1 Å². The van der Waals surface area contributed by atoms with Gasteiger partial charge in [-0.2, -0.15) is 11.8 Å². The van der Waals surface area contributed by atoms with Crippen molar-refractivity contribution in [2.45, 2.75) is 13.5 Å². The maximum atomic E-state index is 11.7. The number of nitrogens with one attached hydrogen (secondary N) is 1. The highest BCUT2D eigenvalue weighted by atomic mass is 35.5. The Kier molecular flexibility index (Phi) is 6.62. The van der Waals surface area contributed by atoms with Gasteiger partial charge in [-0.15, -0.1) is 0 Å². The van der Waals surface area contributed by atoms with Crippen LogP contribution in [0.3, 0.4) is 0 Å². The van der Waals surface area contributed by atoms with Gasteiger partial charge in [0.15, 0.2) is 0 Å². The SMILES string of the molecule is CCSCC(=O)NCc1c(Cl)cccc1Oc1ccccc1. The Labute approximate surface area is 140 Å². The number of thioether (sulfide) groups is 1. The second-order valence-electron chi connectivity index (χ2n) is 4.55. The fourth-order valence-electron chi connectivity index (χ4n) is 1.85. The van der Waals surface area contributed by atoms with Gasteiger partial charge in [-0.3, -0.25) is 4.79 Å². The van der Waals surface area contributed by atoms with Crippen molar-refractivity contribution in [3.05, 3.63) is 59.1 Å². The van der Waals surface area contributed by atoms with Crippen LogP contribution >= 0.6 is 23.4 Å². The zero-order chi connectivity index (χ0) is 15.8. The van der Waals surface area contributed by atoms with Gasteiger partial charge in [0.1, 0.15) is 11.5 Å². The fourth-order valence-corrected chi connectivity index (χ4v) is 2.58. The second-order valence-corrected chi connectivity index (χ2v) is 6.23. The van der Waals surface area contributed by atoms with Crippen molar-refractivity contribution in [1.82, 2.24) is 5.32 Å². The van der Waals surface area contributed by atoms with Crippen molar-refractivity contribution >= 4 is 29.3 Å². The van der Waals surface area contributed by atoms with Crippen LogP contribution in [0.5, 0.6) is 11.5 Å². The third-order valence-corrected chi connectivity index (χ3v) is 4.18. The predicted molar refractivity (Wildman–Crippen MR) is 92.8 cm³/mol. The summed E-state index contributed by atoms with van der Waals surface area (Å²) >= 11 is 7.83. The van der Waals surface area contributed by atoms with Crippen LogP contribution in [0.4, 0.5) is 0 Å². The number of rotatable bonds is 7. The molecule has 0 saturated heterocycles. The molecular formula is C17H18ClNO2S. The maximum Gasteiger partial charge on any atom is 0.230 e. The summed E-state index contributed by atoms with van der Waals surface area (Å²) in [6.45, 7) is 2.38. The van der Waals surface area contributed by atoms with E-state index in [4.69, 9.17) is 16.3 Å². The third-order valence-electron chi connectivity index (χ3n) is 2.95. The Morgan fingerprint density at radius 3 is 2.68 bits per heavy atom. The lowest BCUT2D eigenvalue weighted by atomic mass is 10.2. The van der Waals surface area contributed by atoms with Crippen LogP contribution in [0.1, 0.15) is 12.5 Å². The first kappa shape index (κ1) is 16.7. The van der Waals surface area contributed by atoms with E-state index in [-0.39, 0.29) is 5.91 Å². The van der Waals surface area contributed by atoms with Crippen molar-refractivity contribution in [2.75, 3.05) is 11.5 Å². The average Bonchev–Trinajstić information content (AvgIpc) is 2.53. The van der Waals surface area contributed by atoms with Gasteiger partial charge in [0, 0.05) is 17.1 Å². The molecule has 0 radical (unpaired) electrons. The predicted octanol–water partition coefficient (Wildman–Crippen LogP) is 4.50. The Morgan fingerprint density at radius 1 is 1.18 bits per heavy atom. The first-order valence-corrected chi connectivity index (χ1v) is 8.58. The van der Waals surface area contributed by atoms with E-state index >= 15 is 0 Å². The molecule has 2 rings (SSSR count). The summed E-state index contributed by atoms with van der Waals surface area (Å²) in [6, 6.07) is 15.0. The molecule has 0 aliphatic carbocycles. The molecular weight excluding hydrogens is 318 g/mol. The Morgan fingerprint density at radius 2 is 1.95 bits per heavy atom. The summed E-state index contributed by atoms with van der Waals surface area (Å²) in [5.41, 5.74) is 0.780. The van der Waals surface area contributed by atoms with E-state index in [2.05, 4.69) is 5.32 Å². The minimum atomic E-state index is -0.00238. The molecule has 1 N–H and O–H groups in total. The molecule has 116 valence electrons.